The van der Waals surface area contributed by atoms with Gasteiger partial charge in [-0.15, -0.1) is 0 Å². The largest absolute Gasteiger partial charge is 0.481 e. The third kappa shape index (κ3) is 9.68. The van der Waals surface area contributed by atoms with Crippen LogP contribution in [0.5, 0.6) is 0 Å². The van der Waals surface area contributed by atoms with Crippen molar-refractivity contribution in [2.45, 2.75) is 53.2 Å². The lowest BCUT2D eigenvalue weighted by Crippen LogP contribution is -2.29. The summed E-state index contributed by atoms with van der Waals surface area (Å²) in [4.78, 5) is 21.8. The monoisotopic (exact) mass is 324 g/mol. The molecule has 0 saturated carbocycles. The van der Waals surface area contributed by atoms with Crippen molar-refractivity contribution in [2.24, 2.45) is 11.8 Å². The predicted octanol–water partition coefficient (Wildman–Crippen LogP) is 3.47. The van der Waals surface area contributed by atoms with Gasteiger partial charge in [-0.2, -0.15) is 0 Å². The summed E-state index contributed by atoms with van der Waals surface area (Å²) in [5.74, 6) is -3.93. The molecule has 0 bridgehead atoms. The van der Waals surface area contributed by atoms with Crippen molar-refractivity contribution in [3.63, 3.8) is 0 Å². The molecule has 0 aromatic heterocycles. The van der Waals surface area contributed by atoms with E-state index in [1.165, 1.54) is 6.92 Å². The number of aliphatic carboxylic acids is 2. The Morgan fingerprint density at radius 1 is 0.913 bits per heavy atom. The van der Waals surface area contributed by atoms with Gasteiger partial charge in [0.15, 0.2) is 0 Å². The molecule has 0 heterocycles. The maximum absolute atomic E-state index is 11.0. The topological polar surface area (TPSA) is 83.8 Å². The molecule has 0 aliphatic rings. The summed E-state index contributed by atoms with van der Waals surface area (Å²) >= 11 is 0. The maximum atomic E-state index is 11.0. The van der Waals surface area contributed by atoms with Crippen LogP contribution in [0.15, 0.2) is 30.3 Å². The van der Waals surface area contributed by atoms with Gasteiger partial charge in [0.2, 0.25) is 0 Å². The fraction of sp³-hybridized carbons (Fsp3) is 0.556. The third-order valence-corrected chi connectivity index (χ3v) is 3.15. The lowest BCUT2D eigenvalue weighted by atomic mass is 9.88. The third-order valence-electron chi connectivity index (χ3n) is 3.15. The summed E-state index contributed by atoms with van der Waals surface area (Å²) < 4.78 is 5.25. The average Bonchev–Trinajstić information content (AvgIpc) is 2.44. The van der Waals surface area contributed by atoms with E-state index in [-0.39, 0.29) is 6.42 Å². The van der Waals surface area contributed by atoms with E-state index in [0.29, 0.717) is 12.2 Å². The SMILES string of the molecule is CC(C)OC(C)C.C[C@@H](C(=O)O)[C@H](Cc1ccccc1)C(=O)O. The lowest BCUT2D eigenvalue weighted by Gasteiger charge is -2.16. The molecule has 0 saturated heterocycles. The molecule has 0 aliphatic heterocycles. The van der Waals surface area contributed by atoms with Crippen molar-refractivity contribution < 1.29 is 24.5 Å². The van der Waals surface area contributed by atoms with Gasteiger partial charge < -0.3 is 14.9 Å². The fourth-order valence-electron chi connectivity index (χ4n) is 2.06. The van der Waals surface area contributed by atoms with Crippen LogP contribution < -0.4 is 0 Å². The number of carboxylic acid groups (broad SMARTS) is 2. The van der Waals surface area contributed by atoms with Crippen molar-refractivity contribution in [3.8, 4) is 0 Å². The standard InChI is InChI=1S/C12H14O4.C6H14O/c1-8(11(13)14)10(12(15)16)7-9-5-3-2-4-6-9;1-5(2)7-6(3)4/h2-6,8,10H,7H2,1H3,(H,13,14)(H,15,16);5-6H,1-4H3/t8-,10+;/m1./s1. The van der Waals surface area contributed by atoms with E-state index >= 15 is 0 Å². The predicted molar refractivity (Wildman–Crippen MR) is 89.4 cm³/mol. The minimum Gasteiger partial charge on any atom is -0.481 e. The van der Waals surface area contributed by atoms with Gasteiger partial charge in [-0.1, -0.05) is 37.3 Å². The molecule has 0 spiro atoms. The summed E-state index contributed by atoms with van der Waals surface area (Å²) in [7, 11) is 0. The molecule has 23 heavy (non-hydrogen) atoms. The Balaban J connectivity index is 0.000000585. The quantitative estimate of drug-likeness (QED) is 0.802. The summed E-state index contributed by atoms with van der Waals surface area (Å²) in [5, 5.41) is 17.8. The van der Waals surface area contributed by atoms with E-state index in [2.05, 4.69) is 0 Å². The van der Waals surface area contributed by atoms with Crippen molar-refractivity contribution >= 4 is 11.9 Å². The maximum Gasteiger partial charge on any atom is 0.307 e. The first kappa shape index (κ1) is 21.1. The molecule has 1 aromatic rings. The molecule has 0 unspecified atom stereocenters. The Morgan fingerprint density at radius 3 is 1.70 bits per heavy atom. The van der Waals surface area contributed by atoms with E-state index in [1.54, 1.807) is 24.3 Å². The van der Waals surface area contributed by atoms with Crippen LogP contribution in [0, 0.1) is 11.8 Å². The highest BCUT2D eigenvalue weighted by molar-refractivity contribution is 5.79. The summed E-state index contributed by atoms with van der Waals surface area (Å²) in [6.45, 7) is 9.59. The van der Waals surface area contributed by atoms with Crippen LogP contribution in [0.25, 0.3) is 0 Å². The van der Waals surface area contributed by atoms with Crippen LogP contribution >= 0.6 is 0 Å². The molecular weight excluding hydrogens is 296 g/mol. The zero-order chi connectivity index (χ0) is 18.0. The highest BCUT2D eigenvalue weighted by atomic mass is 16.5. The zero-order valence-electron chi connectivity index (χ0n) is 14.5. The summed E-state index contributed by atoms with van der Waals surface area (Å²) in [6, 6.07) is 9.04. The molecule has 0 aliphatic carbocycles. The number of hydrogen-bond donors (Lipinski definition) is 2. The van der Waals surface area contributed by atoms with E-state index in [0.717, 1.165) is 5.56 Å². The first-order chi connectivity index (χ1) is 10.6. The average molecular weight is 324 g/mol. The number of rotatable bonds is 7. The van der Waals surface area contributed by atoms with Gasteiger partial charge in [0.1, 0.15) is 0 Å². The van der Waals surface area contributed by atoms with Crippen LogP contribution in [0.1, 0.15) is 40.2 Å². The number of hydrogen-bond acceptors (Lipinski definition) is 3. The number of carbonyl (C=O) groups is 2. The highest BCUT2D eigenvalue weighted by Gasteiger charge is 2.29. The van der Waals surface area contributed by atoms with Crippen LogP contribution in [-0.2, 0) is 20.7 Å². The lowest BCUT2D eigenvalue weighted by molar-refractivity contribution is -0.152. The normalized spacial score (nSPS) is 13.2. The highest BCUT2D eigenvalue weighted by Crippen LogP contribution is 2.18. The number of carboxylic acids is 2. The first-order valence-electron chi connectivity index (χ1n) is 7.80. The zero-order valence-corrected chi connectivity index (χ0v) is 14.5. The molecule has 2 N–H and O–H groups in total. The van der Waals surface area contributed by atoms with Crippen LogP contribution in [-0.4, -0.2) is 34.4 Å². The smallest absolute Gasteiger partial charge is 0.307 e. The van der Waals surface area contributed by atoms with Gasteiger partial charge >= 0.3 is 11.9 Å². The van der Waals surface area contributed by atoms with Crippen molar-refractivity contribution in [3.05, 3.63) is 35.9 Å². The van der Waals surface area contributed by atoms with Crippen LogP contribution in [0.2, 0.25) is 0 Å². The molecule has 5 nitrogen and oxygen atoms in total. The summed E-state index contributed by atoms with van der Waals surface area (Å²) in [6.07, 6.45) is 0.990. The second-order valence-corrected chi connectivity index (χ2v) is 5.99. The molecule has 130 valence electrons. The van der Waals surface area contributed by atoms with Gasteiger partial charge in [0, 0.05) is 0 Å². The second-order valence-electron chi connectivity index (χ2n) is 5.99. The van der Waals surface area contributed by atoms with Gasteiger partial charge in [0.25, 0.3) is 0 Å². The molecular formula is C18H28O5. The molecule has 0 fully saturated rings. The van der Waals surface area contributed by atoms with Gasteiger partial charge in [-0.25, -0.2) is 0 Å². The molecule has 0 radical (unpaired) electrons. The molecule has 5 heteroatoms. The van der Waals surface area contributed by atoms with E-state index < -0.39 is 23.8 Å². The second kappa shape index (κ2) is 10.8. The summed E-state index contributed by atoms with van der Waals surface area (Å²) in [5.41, 5.74) is 0.836. The minimum atomic E-state index is -1.08. The molecule has 1 aromatic carbocycles. The minimum absolute atomic E-state index is 0.240. The van der Waals surface area contributed by atoms with Crippen molar-refractivity contribution in [1.82, 2.24) is 0 Å². The number of benzene rings is 1. The van der Waals surface area contributed by atoms with E-state index in [4.69, 9.17) is 14.9 Å². The molecule has 0 amide bonds. The first-order valence-corrected chi connectivity index (χ1v) is 7.80. The molecule has 1 rings (SSSR count). The van der Waals surface area contributed by atoms with Crippen LogP contribution in [0.4, 0.5) is 0 Å². The number of ether oxygens (including phenoxy) is 1. The van der Waals surface area contributed by atoms with Gasteiger partial charge in [0.05, 0.1) is 24.0 Å². The van der Waals surface area contributed by atoms with Crippen molar-refractivity contribution in [2.75, 3.05) is 0 Å². The Bertz CT molecular complexity index is 462. The van der Waals surface area contributed by atoms with Gasteiger partial charge in [-0.3, -0.25) is 9.59 Å². The van der Waals surface area contributed by atoms with Crippen molar-refractivity contribution in [1.29, 1.82) is 0 Å². The van der Waals surface area contributed by atoms with E-state index in [1.807, 2.05) is 33.8 Å². The Morgan fingerprint density at radius 2 is 1.39 bits per heavy atom. The fourth-order valence-corrected chi connectivity index (χ4v) is 2.06. The van der Waals surface area contributed by atoms with Gasteiger partial charge in [-0.05, 0) is 39.7 Å². The Kier molecular flexibility index (Phi) is 9.90. The molecule has 2 atom stereocenters. The Hall–Kier alpha value is -1.88. The van der Waals surface area contributed by atoms with Crippen LogP contribution in [0.3, 0.4) is 0 Å². The Labute approximate surface area is 138 Å². The van der Waals surface area contributed by atoms with E-state index in [9.17, 15) is 9.59 Å².